The molecule has 0 aromatic heterocycles. The van der Waals surface area contributed by atoms with Crippen LogP contribution in [0.2, 0.25) is 0 Å². The van der Waals surface area contributed by atoms with Crippen LogP contribution >= 0.6 is 0 Å². The van der Waals surface area contributed by atoms with Gasteiger partial charge in [-0.25, -0.2) is 24.3 Å². The van der Waals surface area contributed by atoms with Gasteiger partial charge >= 0.3 is 52.4 Å². The molecule has 2 aromatic carbocycles. The first-order chi connectivity index (χ1) is 7.86. The van der Waals surface area contributed by atoms with Crippen molar-refractivity contribution in [2.45, 2.75) is 39.5 Å². The van der Waals surface area contributed by atoms with Gasteiger partial charge in [0, 0.05) is 0 Å². The fourth-order valence-electron chi connectivity index (χ4n) is 1.74. The van der Waals surface area contributed by atoms with E-state index >= 15 is 0 Å². The normalized spacial score (nSPS) is 7.00. The molecular formula is C16H22Cl4Zr2+2. The molecule has 0 saturated heterocycles. The molecule has 0 N–H and O–H groups in total. The molecule has 0 bridgehead atoms. The summed E-state index contributed by atoms with van der Waals surface area (Å²) in [5.41, 5.74) is 2.93. The average molecular weight is 539 g/mol. The van der Waals surface area contributed by atoms with Crippen molar-refractivity contribution >= 4 is 0 Å². The molecule has 0 fully saturated rings. The van der Waals surface area contributed by atoms with Crippen molar-refractivity contribution in [1.29, 1.82) is 0 Å². The molecule has 2 rings (SSSR count). The third-order valence-corrected chi connectivity index (χ3v) is 2.54. The third kappa shape index (κ3) is 19.7. The summed E-state index contributed by atoms with van der Waals surface area (Å²) < 4.78 is 0. The summed E-state index contributed by atoms with van der Waals surface area (Å²) >= 11 is 0. The maximum atomic E-state index is 2.20. The standard InChI is InChI=1S/2C8H11.4ClH.2Zr/c2*1-2-5-8-6-3-4-7-8;;;;;;/h2*3-4,6-7H,2,5H2,1H3;4*1H;;/q2*-1;;;;;2*+4/p-4. The fourth-order valence-corrected chi connectivity index (χ4v) is 1.74. The summed E-state index contributed by atoms with van der Waals surface area (Å²) in [6, 6.07) is 17.0. The van der Waals surface area contributed by atoms with Gasteiger partial charge in [-0.2, -0.15) is 35.4 Å². The van der Waals surface area contributed by atoms with Crippen molar-refractivity contribution < 1.29 is 102 Å². The zero-order valence-corrected chi connectivity index (χ0v) is 20.9. The maximum absolute atomic E-state index is 2.20. The zero-order valence-electron chi connectivity index (χ0n) is 13.0. The SMILES string of the molecule is CCC[c-]1cccc1.CCC[c-]1cccc1.[Cl-].[Cl-].[Cl-].[Cl-].[Zr+4].[Zr+4]. The van der Waals surface area contributed by atoms with Crippen LogP contribution in [-0.4, -0.2) is 0 Å². The maximum Gasteiger partial charge on any atom is 4.00 e. The Balaban J connectivity index is -0.0000000457. The van der Waals surface area contributed by atoms with E-state index in [1.807, 2.05) is 0 Å². The molecule has 0 aliphatic heterocycles. The molecule has 0 spiro atoms. The van der Waals surface area contributed by atoms with E-state index in [2.05, 4.69) is 62.4 Å². The Morgan fingerprint density at radius 3 is 0.955 bits per heavy atom. The van der Waals surface area contributed by atoms with Crippen LogP contribution in [-0.2, 0) is 65.2 Å². The van der Waals surface area contributed by atoms with Crippen LogP contribution in [0.25, 0.3) is 0 Å². The summed E-state index contributed by atoms with van der Waals surface area (Å²) in [5, 5.41) is 0. The zero-order chi connectivity index (χ0) is 11.6. The smallest absolute Gasteiger partial charge is 1.00 e. The fraction of sp³-hybridized carbons (Fsp3) is 0.375. The van der Waals surface area contributed by atoms with E-state index in [-0.39, 0.29) is 102 Å². The van der Waals surface area contributed by atoms with Gasteiger partial charge in [0.15, 0.2) is 0 Å². The molecular weight excluding hydrogens is 516 g/mol. The molecule has 0 aliphatic carbocycles. The molecule has 0 atom stereocenters. The topological polar surface area (TPSA) is 0 Å². The minimum absolute atomic E-state index is 0. The van der Waals surface area contributed by atoms with Gasteiger partial charge in [-0.05, 0) is 0 Å². The first kappa shape index (κ1) is 38.9. The summed E-state index contributed by atoms with van der Waals surface area (Å²) in [7, 11) is 0. The van der Waals surface area contributed by atoms with Gasteiger partial charge < -0.3 is 49.6 Å². The Morgan fingerprint density at radius 2 is 0.773 bits per heavy atom. The van der Waals surface area contributed by atoms with Gasteiger partial charge in [0.2, 0.25) is 0 Å². The first-order valence-electron chi connectivity index (χ1n) is 6.28. The predicted octanol–water partition coefficient (Wildman–Crippen LogP) is -7.27. The molecule has 0 heterocycles. The van der Waals surface area contributed by atoms with E-state index < -0.39 is 0 Å². The second-order valence-electron chi connectivity index (χ2n) is 4.09. The Hall–Kier alpha value is 1.63. The van der Waals surface area contributed by atoms with Crippen LogP contribution in [0.15, 0.2) is 48.5 Å². The Labute approximate surface area is 199 Å². The quantitative estimate of drug-likeness (QED) is 0.340. The second-order valence-corrected chi connectivity index (χ2v) is 4.09. The van der Waals surface area contributed by atoms with Gasteiger partial charge in [-0.1, -0.05) is 39.5 Å². The molecule has 0 saturated carbocycles. The predicted molar refractivity (Wildman–Crippen MR) is 72.1 cm³/mol. The van der Waals surface area contributed by atoms with Gasteiger partial charge in [-0.15, -0.1) is 0 Å². The molecule has 0 unspecified atom stereocenters. The largest absolute Gasteiger partial charge is 4.00 e. The van der Waals surface area contributed by atoms with Gasteiger partial charge in [0.05, 0.1) is 0 Å². The summed E-state index contributed by atoms with van der Waals surface area (Å²) in [4.78, 5) is 0. The average Bonchev–Trinajstić information content (AvgIpc) is 2.92. The van der Waals surface area contributed by atoms with Crippen LogP contribution in [0.4, 0.5) is 0 Å². The van der Waals surface area contributed by atoms with Crippen molar-refractivity contribution in [3.05, 3.63) is 59.7 Å². The van der Waals surface area contributed by atoms with Gasteiger partial charge in [-0.3, -0.25) is 0 Å². The van der Waals surface area contributed by atoms with Crippen molar-refractivity contribution in [3.63, 3.8) is 0 Å². The van der Waals surface area contributed by atoms with E-state index in [1.165, 1.54) is 36.8 Å². The number of aryl methyl sites for hydroxylation is 2. The van der Waals surface area contributed by atoms with Gasteiger partial charge in [0.1, 0.15) is 0 Å². The Kier molecular flexibility index (Phi) is 48.6. The molecule has 6 heteroatoms. The van der Waals surface area contributed by atoms with Crippen LogP contribution in [0.3, 0.4) is 0 Å². The molecule has 2 aromatic rings. The summed E-state index contributed by atoms with van der Waals surface area (Å²) in [6.07, 6.45) is 4.97. The number of hydrogen-bond donors (Lipinski definition) is 0. The van der Waals surface area contributed by atoms with E-state index in [0.717, 1.165) is 0 Å². The van der Waals surface area contributed by atoms with E-state index in [4.69, 9.17) is 0 Å². The van der Waals surface area contributed by atoms with Crippen molar-refractivity contribution in [2.24, 2.45) is 0 Å². The van der Waals surface area contributed by atoms with Crippen LogP contribution < -0.4 is 49.6 Å². The minimum Gasteiger partial charge on any atom is -1.00 e. The molecule has 120 valence electrons. The Bertz CT molecular complexity index is 312. The molecule has 0 amide bonds. The molecule has 22 heavy (non-hydrogen) atoms. The third-order valence-electron chi connectivity index (χ3n) is 2.54. The number of halogens is 4. The molecule has 0 nitrogen and oxygen atoms in total. The summed E-state index contributed by atoms with van der Waals surface area (Å²) in [5.74, 6) is 0. The van der Waals surface area contributed by atoms with Crippen molar-refractivity contribution in [2.75, 3.05) is 0 Å². The van der Waals surface area contributed by atoms with E-state index in [1.54, 1.807) is 0 Å². The summed E-state index contributed by atoms with van der Waals surface area (Å²) in [6.45, 7) is 4.40. The van der Waals surface area contributed by atoms with Crippen molar-refractivity contribution in [3.8, 4) is 0 Å². The van der Waals surface area contributed by atoms with Crippen LogP contribution in [0.1, 0.15) is 37.8 Å². The molecule has 0 radical (unpaired) electrons. The molecule has 0 aliphatic rings. The van der Waals surface area contributed by atoms with E-state index in [9.17, 15) is 0 Å². The number of rotatable bonds is 4. The minimum atomic E-state index is 0. The Morgan fingerprint density at radius 1 is 0.545 bits per heavy atom. The van der Waals surface area contributed by atoms with Gasteiger partial charge in [0.25, 0.3) is 0 Å². The van der Waals surface area contributed by atoms with E-state index in [0.29, 0.717) is 0 Å². The second kappa shape index (κ2) is 27.5. The first-order valence-corrected chi connectivity index (χ1v) is 6.28. The number of hydrogen-bond acceptors (Lipinski definition) is 0. The monoisotopic (exact) mass is 534 g/mol. The van der Waals surface area contributed by atoms with Crippen LogP contribution in [0.5, 0.6) is 0 Å². The van der Waals surface area contributed by atoms with Crippen molar-refractivity contribution in [1.82, 2.24) is 0 Å². The van der Waals surface area contributed by atoms with Crippen LogP contribution in [0, 0.1) is 0 Å².